The summed E-state index contributed by atoms with van der Waals surface area (Å²) in [7, 11) is 1.68. The second-order valence-electron chi connectivity index (χ2n) is 4.65. The van der Waals surface area contributed by atoms with E-state index in [-0.39, 0.29) is 11.6 Å². The summed E-state index contributed by atoms with van der Waals surface area (Å²) < 4.78 is 5.29. The molecule has 0 saturated carbocycles. The number of nitrogens with zero attached hydrogens (tertiary/aromatic N) is 1. The Morgan fingerprint density at radius 2 is 2.00 bits per heavy atom. The Balaban J connectivity index is 3.98. The molecule has 0 aliphatic heterocycles. The van der Waals surface area contributed by atoms with E-state index in [1.807, 2.05) is 13.8 Å². The molecule has 3 heteroatoms. The molecule has 1 unspecified atom stereocenters. The standard InChI is InChI=1S/C11H22N2O/c1-9(2)8-13-10(7-12)6-11(3,4)14-5/h9-10,13H,6,8H2,1-5H3. The number of nitrogens with one attached hydrogen (secondary N) is 1. The van der Waals surface area contributed by atoms with Crippen LogP contribution in [0, 0.1) is 17.2 Å². The number of rotatable bonds is 6. The van der Waals surface area contributed by atoms with Crippen LogP contribution >= 0.6 is 0 Å². The quantitative estimate of drug-likeness (QED) is 0.709. The summed E-state index contributed by atoms with van der Waals surface area (Å²) in [4.78, 5) is 0. The fourth-order valence-corrected chi connectivity index (χ4v) is 1.12. The molecule has 1 atom stereocenters. The Hall–Kier alpha value is -0.590. The van der Waals surface area contributed by atoms with Crippen LogP contribution in [0.15, 0.2) is 0 Å². The minimum Gasteiger partial charge on any atom is -0.379 e. The maximum Gasteiger partial charge on any atom is 0.0980 e. The van der Waals surface area contributed by atoms with Crippen molar-refractivity contribution in [2.75, 3.05) is 13.7 Å². The van der Waals surface area contributed by atoms with E-state index in [2.05, 4.69) is 25.2 Å². The van der Waals surface area contributed by atoms with E-state index in [0.29, 0.717) is 12.3 Å². The molecule has 3 nitrogen and oxygen atoms in total. The highest BCUT2D eigenvalue weighted by molar-refractivity contribution is 4.94. The lowest BCUT2D eigenvalue weighted by Crippen LogP contribution is -2.38. The molecule has 0 saturated heterocycles. The second-order valence-corrected chi connectivity index (χ2v) is 4.65. The van der Waals surface area contributed by atoms with Crippen molar-refractivity contribution in [3.63, 3.8) is 0 Å². The predicted octanol–water partition coefficient (Wildman–Crippen LogP) is 1.94. The second kappa shape index (κ2) is 6.00. The summed E-state index contributed by atoms with van der Waals surface area (Å²) in [6.45, 7) is 9.12. The Labute approximate surface area is 87.4 Å². The SMILES string of the molecule is COC(C)(C)CC(C#N)NCC(C)C. The van der Waals surface area contributed by atoms with Crippen LogP contribution in [0.3, 0.4) is 0 Å². The van der Waals surface area contributed by atoms with Gasteiger partial charge in [-0.15, -0.1) is 0 Å². The molecule has 0 aromatic rings. The van der Waals surface area contributed by atoms with Gasteiger partial charge in [0.25, 0.3) is 0 Å². The van der Waals surface area contributed by atoms with Gasteiger partial charge in [-0.05, 0) is 26.3 Å². The third-order valence-corrected chi connectivity index (χ3v) is 2.18. The van der Waals surface area contributed by atoms with E-state index in [0.717, 1.165) is 6.54 Å². The molecular weight excluding hydrogens is 176 g/mol. The van der Waals surface area contributed by atoms with E-state index >= 15 is 0 Å². The lowest BCUT2D eigenvalue weighted by Gasteiger charge is -2.26. The van der Waals surface area contributed by atoms with Crippen molar-refractivity contribution in [1.29, 1.82) is 5.26 Å². The van der Waals surface area contributed by atoms with Crippen LogP contribution in [-0.4, -0.2) is 25.3 Å². The van der Waals surface area contributed by atoms with E-state index in [9.17, 15) is 0 Å². The van der Waals surface area contributed by atoms with E-state index in [1.165, 1.54) is 0 Å². The molecule has 0 bridgehead atoms. The van der Waals surface area contributed by atoms with Crippen LogP contribution in [0.4, 0.5) is 0 Å². The maximum absolute atomic E-state index is 8.93. The van der Waals surface area contributed by atoms with Gasteiger partial charge in [0.2, 0.25) is 0 Å². The molecule has 0 aromatic heterocycles. The number of ether oxygens (including phenoxy) is 1. The Morgan fingerprint density at radius 1 is 1.43 bits per heavy atom. The highest BCUT2D eigenvalue weighted by Crippen LogP contribution is 2.15. The van der Waals surface area contributed by atoms with Crippen LogP contribution in [0.1, 0.15) is 34.1 Å². The van der Waals surface area contributed by atoms with Gasteiger partial charge in [0, 0.05) is 13.5 Å². The fraction of sp³-hybridized carbons (Fsp3) is 0.909. The van der Waals surface area contributed by atoms with Crippen molar-refractivity contribution >= 4 is 0 Å². The summed E-state index contributed by atoms with van der Waals surface area (Å²) in [5.41, 5.74) is -0.232. The Bertz CT molecular complexity index is 194. The molecule has 0 radical (unpaired) electrons. The first-order valence-electron chi connectivity index (χ1n) is 5.09. The number of methoxy groups -OCH3 is 1. The Morgan fingerprint density at radius 3 is 2.36 bits per heavy atom. The van der Waals surface area contributed by atoms with Crippen LogP contribution < -0.4 is 5.32 Å². The number of nitriles is 1. The van der Waals surface area contributed by atoms with Crippen LogP contribution in [0.5, 0.6) is 0 Å². The van der Waals surface area contributed by atoms with Gasteiger partial charge in [-0.25, -0.2) is 0 Å². The normalized spacial score (nSPS) is 14.1. The van der Waals surface area contributed by atoms with Gasteiger partial charge in [-0.1, -0.05) is 13.8 Å². The minimum atomic E-state index is -0.232. The van der Waals surface area contributed by atoms with Gasteiger partial charge in [0.1, 0.15) is 0 Å². The lowest BCUT2D eigenvalue weighted by molar-refractivity contribution is 0.0111. The smallest absolute Gasteiger partial charge is 0.0980 e. The average molecular weight is 198 g/mol. The van der Waals surface area contributed by atoms with Gasteiger partial charge in [-0.3, -0.25) is 0 Å². The molecule has 0 rings (SSSR count). The van der Waals surface area contributed by atoms with Crippen molar-refractivity contribution in [2.45, 2.75) is 45.8 Å². The number of hydrogen-bond acceptors (Lipinski definition) is 3. The first kappa shape index (κ1) is 13.4. The summed E-state index contributed by atoms with van der Waals surface area (Å²) in [6, 6.07) is 2.14. The lowest BCUT2D eigenvalue weighted by atomic mass is 9.99. The van der Waals surface area contributed by atoms with Crippen LogP contribution in [-0.2, 0) is 4.74 Å². The molecule has 0 heterocycles. The molecule has 0 fully saturated rings. The summed E-state index contributed by atoms with van der Waals surface area (Å²) in [6.07, 6.45) is 0.715. The summed E-state index contributed by atoms with van der Waals surface area (Å²) in [5, 5.41) is 12.1. The van der Waals surface area contributed by atoms with Gasteiger partial charge < -0.3 is 10.1 Å². The highest BCUT2D eigenvalue weighted by atomic mass is 16.5. The monoisotopic (exact) mass is 198 g/mol. The first-order chi connectivity index (χ1) is 6.41. The van der Waals surface area contributed by atoms with Crippen molar-refractivity contribution in [3.05, 3.63) is 0 Å². The van der Waals surface area contributed by atoms with Gasteiger partial charge in [0.05, 0.1) is 17.7 Å². The number of hydrogen-bond donors (Lipinski definition) is 1. The summed E-state index contributed by atoms with van der Waals surface area (Å²) in [5.74, 6) is 0.566. The molecule has 0 spiro atoms. The Kier molecular flexibility index (Phi) is 5.75. The molecule has 0 aromatic carbocycles. The molecule has 0 amide bonds. The molecule has 0 aliphatic carbocycles. The predicted molar refractivity (Wildman–Crippen MR) is 57.9 cm³/mol. The molecule has 0 aliphatic rings. The largest absolute Gasteiger partial charge is 0.379 e. The first-order valence-corrected chi connectivity index (χ1v) is 5.09. The topological polar surface area (TPSA) is 45.0 Å². The molecule has 1 N–H and O–H groups in total. The van der Waals surface area contributed by atoms with E-state index in [1.54, 1.807) is 7.11 Å². The van der Waals surface area contributed by atoms with Crippen molar-refractivity contribution in [3.8, 4) is 6.07 Å². The average Bonchev–Trinajstić information content (AvgIpc) is 2.12. The zero-order valence-corrected chi connectivity index (χ0v) is 9.92. The fourth-order valence-electron chi connectivity index (χ4n) is 1.12. The van der Waals surface area contributed by atoms with Crippen molar-refractivity contribution in [2.24, 2.45) is 5.92 Å². The highest BCUT2D eigenvalue weighted by Gasteiger charge is 2.22. The van der Waals surface area contributed by atoms with E-state index < -0.39 is 0 Å². The molecular formula is C11H22N2O. The van der Waals surface area contributed by atoms with Crippen molar-refractivity contribution in [1.82, 2.24) is 5.32 Å². The molecule has 82 valence electrons. The van der Waals surface area contributed by atoms with Gasteiger partial charge in [0.15, 0.2) is 0 Å². The minimum absolute atomic E-state index is 0.118. The maximum atomic E-state index is 8.93. The van der Waals surface area contributed by atoms with Gasteiger partial charge in [-0.2, -0.15) is 5.26 Å². The third kappa shape index (κ3) is 5.95. The summed E-state index contributed by atoms with van der Waals surface area (Å²) >= 11 is 0. The van der Waals surface area contributed by atoms with Crippen molar-refractivity contribution < 1.29 is 4.74 Å². The third-order valence-electron chi connectivity index (χ3n) is 2.18. The zero-order valence-electron chi connectivity index (χ0n) is 9.92. The van der Waals surface area contributed by atoms with E-state index in [4.69, 9.17) is 10.00 Å². The van der Waals surface area contributed by atoms with Gasteiger partial charge >= 0.3 is 0 Å². The molecule has 14 heavy (non-hydrogen) atoms. The zero-order chi connectivity index (χ0) is 11.2. The van der Waals surface area contributed by atoms with Crippen LogP contribution in [0.25, 0.3) is 0 Å². The van der Waals surface area contributed by atoms with Crippen LogP contribution in [0.2, 0.25) is 0 Å².